The number of likely N-dealkylation sites (tertiary alicyclic amines) is 1. The zero-order chi connectivity index (χ0) is 17.9. The van der Waals surface area contributed by atoms with E-state index in [2.05, 4.69) is 22.3 Å². The van der Waals surface area contributed by atoms with Crippen LogP contribution in [0, 0.1) is 6.92 Å². The second kappa shape index (κ2) is 7.41. The fraction of sp³-hybridized carbons (Fsp3) is 0.350. The molecule has 1 aliphatic heterocycles. The highest BCUT2D eigenvalue weighted by atomic mass is 32.1. The Morgan fingerprint density at radius 3 is 2.96 bits per heavy atom. The molecule has 1 aliphatic rings. The molecule has 0 unspecified atom stereocenters. The Labute approximate surface area is 156 Å². The van der Waals surface area contributed by atoms with Crippen LogP contribution < -0.4 is 0 Å². The summed E-state index contributed by atoms with van der Waals surface area (Å²) in [6, 6.07) is 12.2. The van der Waals surface area contributed by atoms with Gasteiger partial charge in [0.05, 0.1) is 28.9 Å². The quantitative estimate of drug-likeness (QED) is 0.685. The number of carbonyl (C=O) groups excluding carboxylic acids is 1. The van der Waals surface area contributed by atoms with Crippen LogP contribution >= 0.6 is 11.3 Å². The smallest absolute Gasteiger partial charge is 0.229 e. The molecule has 2 aromatic heterocycles. The molecule has 1 fully saturated rings. The fourth-order valence-corrected chi connectivity index (χ4v) is 4.27. The summed E-state index contributed by atoms with van der Waals surface area (Å²) >= 11 is 1.62. The summed E-state index contributed by atoms with van der Waals surface area (Å²) in [4.78, 5) is 19.4. The van der Waals surface area contributed by atoms with Crippen LogP contribution in [0.15, 0.2) is 46.3 Å². The van der Waals surface area contributed by atoms with E-state index >= 15 is 0 Å². The van der Waals surface area contributed by atoms with Crippen LogP contribution in [0.5, 0.6) is 0 Å². The van der Waals surface area contributed by atoms with E-state index in [0.29, 0.717) is 6.42 Å². The summed E-state index contributed by atoms with van der Waals surface area (Å²) in [7, 11) is 0. The maximum Gasteiger partial charge on any atom is 0.229 e. The standard InChI is InChI=1S/C20H21N3O2S/c1-14-10-18(25-22-14)17-8-5-9-23(17)20(24)12-16-13-26-19(21-16)11-15-6-3-2-4-7-15/h2-4,6-7,10,13,17H,5,8-9,11-12H2,1H3/t17-/m0/s1. The predicted octanol–water partition coefficient (Wildman–Crippen LogP) is 3.94. The molecule has 0 aliphatic carbocycles. The first-order valence-electron chi connectivity index (χ1n) is 8.89. The second-order valence-corrected chi connectivity index (χ2v) is 7.63. The Kier molecular flexibility index (Phi) is 4.84. The van der Waals surface area contributed by atoms with Crippen LogP contribution in [0.4, 0.5) is 0 Å². The van der Waals surface area contributed by atoms with Gasteiger partial charge < -0.3 is 9.42 Å². The third-order valence-corrected chi connectivity index (χ3v) is 5.58. The van der Waals surface area contributed by atoms with Gasteiger partial charge in [0.1, 0.15) is 0 Å². The van der Waals surface area contributed by atoms with Crippen LogP contribution in [-0.4, -0.2) is 27.5 Å². The molecule has 0 bridgehead atoms. The van der Waals surface area contributed by atoms with E-state index in [-0.39, 0.29) is 11.9 Å². The number of carbonyl (C=O) groups is 1. The Hall–Kier alpha value is -2.47. The number of thiazole rings is 1. The van der Waals surface area contributed by atoms with Crippen molar-refractivity contribution in [2.24, 2.45) is 0 Å². The van der Waals surface area contributed by atoms with Gasteiger partial charge in [0.15, 0.2) is 5.76 Å². The number of nitrogens with zero attached hydrogens (tertiary/aromatic N) is 3. The highest BCUT2D eigenvalue weighted by molar-refractivity contribution is 7.09. The summed E-state index contributed by atoms with van der Waals surface area (Å²) in [5.74, 6) is 0.898. The Balaban J connectivity index is 1.41. The van der Waals surface area contributed by atoms with Gasteiger partial charge in [-0.2, -0.15) is 0 Å². The molecule has 0 spiro atoms. The number of hydrogen-bond donors (Lipinski definition) is 0. The van der Waals surface area contributed by atoms with Crippen molar-refractivity contribution in [3.05, 3.63) is 69.5 Å². The Morgan fingerprint density at radius 2 is 2.19 bits per heavy atom. The second-order valence-electron chi connectivity index (χ2n) is 6.69. The van der Waals surface area contributed by atoms with E-state index in [1.165, 1.54) is 5.56 Å². The van der Waals surface area contributed by atoms with Crippen LogP contribution in [-0.2, 0) is 17.6 Å². The first kappa shape index (κ1) is 17.0. The number of amides is 1. The monoisotopic (exact) mass is 367 g/mol. The van der Waals surface area contributed by atoms with Crippen molar-refractivity contribution in [3.8, 4) is 0 Å². The lowest BCUT2D eigenvalue weighted by Gasteiger charge is -2.22. The van der Waals surface area contributed by atoms with E-state index in [1.807, 2.05) is 41.5 Å². The van der Waals surface area contributed by atoms with E-state index in [4.69, 9.17) is 4.52 Å². The van der Waals surface area contributed by atoms with Crippen molar-refractivity contribution in [1.82, 2.24) is 15.0 Å². The normalized spacial score (nSPS) is 17.0. The molecule has 5 nitrogen and oxygen atoms in total. The van der Waals surface area contributed by atoms with E-state index in [9.17, 15) is 4.79 Å². The first-order valence-corrected chi connectivity index (χ1v) is 9.77. The third kappa shape index (κ3) is 3.70. The van der Waals surface area contributed by atoms with Crippen molar-refractivity contribution >= 4 is 17.2 Å². The van der Waals surface area contributed by atoms with Gasteiger partial charge in [-0.05, 0) is 25.3 Å². The van der Waals surface area contributed by atoms with Crippen LogP contribution in [0.25, 0.3) is 0 Å². The summed E-state index contributed by atoms with van der Waals surface area (Å²) in [6.45, 7) is 2.67. The summed E-state index contributed by atoms with van der Waals surface area (Å²) in [6.07, 6.45) is 3.07. The average Bonchev–Trinajstić information content (AvgIpc) is 3.36. The molecule has 134 valence electrons. The lowest BCUT2D eigenvalue weighted by atomic mass is 10.1. The average molecular weight is 367 g/mol. The number of hydrogen-bond acceptors (Lipinski definition) is 5. The molecule has 6 heteroatoms. The zero-order valence-corrected chi connectivity index (χ0v) is 15.5. The highest BCUT2D eigenvalue weighted by Gasteiger charge is 2.32. The molecule has 26 heavy (non-hydrogen) atoms. The van der Waals surface area contributed by atoms with Gasteiger partial charge in [-0.3, -0.25) is 4.79 Å². The number of benzene rings is 1. The van der Waals surface area contributed by atoms with Gasteiger partial charge in [0, 0.05) is 24.4 Å². The predicted molar refractivity (Wildman–Crippen MR) is 100.0 cm³/mol. The largest absolute Gasteiger partial charge is 0.359 e. The molecule has 0 N–H and O–H groups in total. The lowest BCUT2D eigenvalue weighted by molar-refractivity contribution is -0.131. The topological polar surface area (TPSA) is 59.2 Å². The summed E-state index contributed by atoms with van der Waals surface area (Å²) in [5.41, 5.74) is 2.94. The van der Waals surface area contributed by atoms with Gasteiger partial charge in [0.25, 0.3) is 0 Å². The molecule has 3 aromatic rings. The fourth-order valence-electron chi connectivity index (χ4n) is 3.44. The molecule has 1 amide bonds. The van der Waals surface area contributed by atoms with Crippen LogP contribution in [0.3, 0.4) is 0 Å². The number of aromatic nitrogens is 2. The third-order valence-electron chi connectivity index (χ3n) is 4.68. The van der Waals surface area contributed by atoms with Crippen molar-refractivity contribution in [2.75, 3.05) is 6.54 Å². The van der Waals surface area contributed by atoms with Crippen LogP contribution in [0.2, 0.25) is 0 Å². The number of rotatable bonds is 5. The molecule has 1 atom stereocenters. The number of aryl methyl sites for hydroxylation is 1. The van der Waals surface area contributed by atoms with Gasteiger partial charge in [-0.15, -0.1) is 11.3 Å². The van der Waals surface area contributed by atoms with Crippen molar-refractivity contribution in [1.29, 1.82) is 0 Å². The lowest BCUT2D eigenvalue weighted by Crippen LogP contribution is -2.31. The highest BCUT2D eigenvalue weighted by Crippen LogP contribution is 2.32. The SMILES string of the molecule is Cc1cc([C@@H]2CCCN2C(=O)Cc2csc(Cc3ccccc3)n2)on1. The molecule has 0 radical (unpaired) electrons. The van der Waals surface area contributed by atoms with Crippen molar-refractivity contribution in [3.63, 3.8) is 0 Å². The maximum absolute atomic E-state index is 12.8. The minimum absolute atomic E-state index is 0.00567. The molecular weight excluding hydrogens is 346 g/mol. The molecule has 1 saturated heterocycles. The van der Waals surface area contributed by atoms with E-state index < -0.39 is 0 Å². The van der Waals surface area contributed by atoms with E-state index in [0.717, 1.165) is 48.0 Å². The van der Waals surface area contributed by atoms with Crippen molar-refractivity contribution < 1.29 is 9.32 Å². The summed E-state index contributed by atoms with van der Waals surface area (Å²) in [5, 5.41) is 7.00. The minimum atomic E-state index is 0.00567. The van der Waals surface area contributed by atoms with Gasteiger partial charge in [0.2, 0.25) is 5.91 Å². The molecule has 3 heterocycles. The zero-order valence-electron chi connectivity index (χ0n) is 14.7. The first-order chi connectivity index (χ1) is 12.7. The molecule has 4 rings (SSSR count). The summed E-state index contributed by atoms with van der Waals surface area (Å²) < 4.78 is 5.39. The van der Waals surface area contributed by atoms with E-state index in [1.54, 1.807) is 11.3 Å². The van der Waals surface area contributed by atoms with Crippen molar-refractivity contribution in [2.45, 2.75) is 38.6 Å². The Bertz CT molecular complexity index is 887. The molecule has 0 saturated carbocycles. The maximum atomic E-state index is 12.8. The molecular formula is C20H21N3O2S. The minimum Gasteiger partial charge on any atom is -0.359 e. The Morgan fingerprint density at radius 1 is 1.35 bits per heavy atom. The van der Waals surface area contributed by atoms with Gasteiger partial charge in [-0.1, -0.05) is 35.5 Å². The van der Waals surface area contributed by atoms with Gasteiger partial charge >= 0.3 is 0 Å². The van der Waals surface area contributed by atoms with Gasteiger partial charge in [-0.25, -0.2) is 4.98 Å². The van der Waals surface area contributed by atoms with Crippen LogP contribution in [0.1, 0.15) is 46.6 Å². The molecule has 1 aromatic carbocycles.